The van der Waals surface area contributed by atoms with Gasteiger partial charge in [0, 0.05) is 29.5 Å². The van der Waals surface area contributed by atoms with Crippen molar-refractivity contribution in [2.45, 2.75) is 26.5 Å². The molecular formula is C23H23ClN4O2. The highest BCUT2D eigenvalue weighted by Gasteiger charge is 2.17. The van der Waals surface area contributed by atoms with Crippen LogP contribution in [0.3, 0.4) is 0 Å². The zero-order chi connectivity index (χ0) is 21.1. The molecule has 0 unspecified atom stereocenters. The highest BCUT2D eigenvalue weighted by atomic mass is 35.5. The summed E-state index contributed by atoms with van der Waals surface area (Å²) >= 11 is 6.00. The van der Waals surface area contributed by atoms with Gasteiger partial charge in [-0.1, -0.05) is 23.7 Å². The monoisotopic (exact) mass is 422 g/mol. The largest absolute Gasteiger partial charge is 0.493 e. The number of nitrogens with zero attached hydrogens (tertiary/aromatic N) is 3. The van der Waals surface area contributed by atoms with Crippen LogP contribution >= 0.6 is 11.6 Å². The van der Waals surface area contributed by atoms with Crippen molar-refractivity contribution in [3.8, 4) is 22.8 Å². The first-order valence-electron chi connectivity index (χ1n) is 9.71. The van der Waals surface area contributed by atoms with E-state index in [1.807, 2.05) is 73.0 Å². The van der Waals surface area contributed by atoms with E-state index in [1.54, 1.807) is 13.3 Å². The van der Waals surface area contributed by atoms with E-state index in [0.29, 0.717) is 28.8 Å². The van der Waals surface area contributed by atoms with Crippen molar-refractivity contribution in [2.75, 3.05) is 12.4 Å². The Balaban J connectivity index is 1.73. The molecule has 0 saturated heterocycles. The van der Waals surface area contributed by atoms with Crippen LogP contribution in [0, 0.1) is 0 Å². The topological polar surface area (TPSA) is 60.7 Å². The minimum atomic E-state index is 0.0562. The van der Waals surface area contributed by atoms with Crippen molar-refractivity contribution in [1.82, 2.24) is 14.4 Å². The van der Waals surface area contributed by atoms with Crippen LogP contribution < -0.4 is 14.8 Å². The van der Waals surface area contributed by atoms with E-state index >= 15 is 0 Å². The fourth-order valence-electron chi connectivity index (χ4n) is 3.21. The molecule has 0 aliphatic carbocycles. The van der Waals surface area contributed by atoms with Gasteiger partial charge in [-0.25, -0.2) is 9.97 Å². The fraction of sp³-hybridized carbons (Fsp3) is 0.217. The molecule has 0 bridgehead atoms. The Morgan fingerprint density at radius 2 is 1.90 bits per heavy atom. The molecule has 154 valence electrons. The van der Waals surface area contributed by atoms with Crippen molar-refractivity contribution in [3.05, 3.63) is 71.5 Å². The highest BCUT2D eigenvalue weighted by Crippen LogP contribution is 2.36. The lowest BCUT2D eigenvalue weighted by atomic mass is 10.1. The average molecular weight is 423 g/mol. The Morgan fingerprint density at radius 3 is 2.63 bits per heavy atom. The molecule has 2 aromatic carbocycles. The van der Waals surface area contributed by atoms with E-state index in [4.69, 9.17) is 26.1 Å². The highest BCUT2D eigenvalue weighted by molar-refractivity contribution is 6.30. The number of aromatic nitrogens is 3. The lowest BCUT2D eigenvalue weighted by molar-refractivity contribution is 0.230. The summed E-state index contributed by atoms with van der Waals surface area (Å²) < 4.78 is 13.3. The number of halogens is 1. The van der Waals surface area contributed by atoms with Gasteiger partial charge < -0.3 is 14.8 Å². The third kappa shape index (κ3) is 4.19. The van der Waals surface area contributed by atoms with Crippen LogP contribution in [-0.4, -0.2) is 27.6 Å². The number of hydrogen-bond donors (Lipinski definition) is 1. The van der Waals surface area contributed by atoms with Gasteiger partial charge in [0.2, 0.25) is 5.78 Å². The quantitative estimate of drug-likeness (QED) is 0.428. The van der Waals surface area contributed by atoms with Gasteiger partial charge in [-0.2, -0.15) is 0 Å². The van der Waals surface area contributed by atoms with Gasteiger partial charge in [-0.05, 0) is 55.8 Å². The van der Waals surface area contributed by atoms with Gasteiger partial charge in [0.05, 0.1) is 13.2 Å². The lowest BCUT2D eigenvalue weighted by Crippen LogP contribution is -2.07. The van der Waals surface area contributed by atoms with Gasteiger partial charge in [0.15, 0.2) is 11.5 Å². The molecule has 1 N–H and O–H groups in total. The summed E-state index contributed by atoms with van der Waals surface area (Å²) in [5.41, 5.74) is 2.81. The van der Waals surface area contributed by atoms with Crippen LogP contribution in [0.5, 0.6) is 11.5 Å². The van der Waals surface area contributed by atoms with Crippen LogP contribution in [0.4, 0.5) is 5.82 Å². The normalized spacial score (nSPS) is 11.1. The lowest BCUT2D eigenvalue weighted by Gasteiger charge is -2.15. The van der Waals surface area contributed by atoms with Gasteiger partial charge in [-0.15, -0.1) is 0 Å². The fourth-order valence-corrected chi connectivity index (χ4v) is 3.34. The van der Waals surface area contributed by atoms with E-state index in [9.17, 15) is 0 Å². The number of hydrogen-bond acceptors (Lipinski definition) is 5. The molecule has 4 rings (SSSR count). The van der Waals surface area contributed by atoms with E-state index in [2.05, 4.69) is 10.3 Å². The summed E-state index contributed by atoms with van der Waals surface area (Å²) in [6, 6.07) is 15.5. The molecule has 30 heavy (non-hydrogen) atoms. The van der Waals surface area contributed by atoms with Gasteiger partial charge >= 0.3 is 0 Å². The van der Waals surface area contributed by atoms with E-state index in [0.717, 1.165) is 22.6 Å². The SMILES string of the molecule is COc1cc(-c2nc3ncccn3c2NCc2ccc(Cl)cc2)ccc1OC(C)C. The molecule has 0 fully saturated rings. The van der Waals surface area contributed by atoms with E-state index in [1.165, 1.54) is 0 Å². The van der Waals surface area contributed by atoms with Crippen LogP contribution in [0.2, 0.25) is 5.02 Å². The summed E-state index contributed by atoms with van der Waals surface area (Å²) in [7, 11) is 1.64. The molecule has 0 aliphatic rings. The van der Waals surface area contributed by atoms with Crippen LogP contribution in [0.1, 0.15) is 19.4 Å². The first kappa shape index (κ1) is 20.0. The summed E-state index contributed by atoms with van der Waals surface area (Å²) in [5.74, 6) is 2.84. The van der Waals surface area contributed by atoms with Crippen molar-refractivity contribution < 1.29 is 9.47 Å². The number of ether oxygens (including phenoxy) is 2. The number of methoxy groups -OCH3 is 1. The maximum absolute atomic E-state index is 6.00. The standard InChI is InChI=1S/C23H23ClN4O2/c1-15(2)30-19-10-7-17(13-20(19)29-3)21-22(28-12-4-11-25-23(28)27-21)26-14-16-5-8-18(24)9-6-16/h4-13,15,26H,14H2,1-3H3. The molecule has 4 aromatic rings. The molecule has 2 heterocycles. The molecule has 6 nitrogen and oxygen atoms in total. The van der Waals surface area contributed by atoms with Crippen molar-refractivity contribution >= 4 is 23.2 Å². The zero-order valence-electron chi connectivity index (χ0n) is 17.1. The number of benzene rings is 2. The summed E-state index contributed by atoms with van der Waals surface area (Å²) in [6.07, 6.45) is 3.73. The molecule has 0 spiro atoms. The Morgan fingerprint density at radius 1 is 1.10 bits per heavy atom. The Hall–Kier alpha value is -3.25. The third-order valence-electron chi connectivity index (χ3n) is 4.58. The summed E-state index contributed by atoms with van der Waals surface area (Å²) in [5, 5.41) is 4.22. The maximum atomic E-state index is 6.00. The van der Waals surface area contributed by atoms with Crippen molar-refractivity contribution in [3.63, 3.8) is 0 Å². The molecule has 0 amide bonds. The second-order valence-corrected chi connectivity index (χ2v) is 7.55. The molecular weight excluding hydrogens is 400 g/mol. The van der Waals surface area contributed by atoms with Crippen LogP contribution in [-0.2, 0) is 6.54 Å². The molecule has 7 heteroatoms. The van der Waals surface area contributed by atoms with Gasteiger partial charge in [0.1, 0.15) is 11.5 Å². The second kappa shape index (κ2) is 8.63. The van der Waals surface area contributed by atoms with E-state index in [-0.39, 0.29) is 6.10 Å². The van der Waals surface area contributed by atoms with Crippen molar-refractivity contribution in [1.29, 1.82) is 0 Å². The number of rotatable bonds is 7. The predicted octanol–water partition coefficient (Wildman–Crippen LogP) is 5.46. The number of anilines is 1. The second-order valence-electron chi connectivity index (χ2n) is 7.11. The molecule has 0 atom stereocenters. The summed E-state index contributed by atoms with van der Waals surface area (Å²) in [4.78, 5) is 9.14. The van der Waals surface area contributed by atoms with E-state index < -0.39 is 0 Å². The molecule has 0 saturated carbocycles. The van der Waals surface area contributed by atoms with Crippen LogP contribution in [0.25, 0.3) is 17.0 Å². The smallest absolute Gasteiger partial charge is 0.235 e. The Bertz CT molecular complexity index is 1160. The average Bonchev–Trinajstić information content (AvgIpc) is 3.12. The minimum absolute atomic E-state index is 0.0562. The first-order chi connectivity index (χ1) is 14.5. The molecule has 0 aliphatic heterocycles. The Labute approximate surface area is 180 Å². The van der Waals surface area contributed by atoms with Crippen LogP contribution in [0.15, 0.2) is 60.9 Å². The predicted molar refractivity (Wildman–Crippen MR) is 120 cm³/mol. The number of imidazole rings is 1. The number of nitrogens with one attached hydrogen (secondary N) is 1. The van der Waals surface area contributed by atoms with Gasteiger partial charge in [-0.3, -0.25) is 4.40 Å². The van der Waals surface area contributed by atoms with Crippen molar-refractivity contribution in [2.24, 2.45) is 0 Å². The molecule has 0 radical (unpaired) electrons. The first-order valence-corrected chi connectivity index (χ1v) is 10.1. The zero-order valence-corrected chi connectivity index (χ0v) is 17.8. The maximum Gasteiger partial charge on any atom is 0.235 e. The minimum Gasteiger partial charge on any atom is -0.493 e. The molecule has 2 aromatic heterocycles. The Kier molecular flexibility index (Phi) is 5.77. The number of fused-ring (bicyclic) bond motifs is 1. The van der Waals surface area contributed by atoms with Gasteiger partial charge in [0.25, 0.3) is 0 Å². The summed E-state index contributed by atoms with van der Waals surface area (Å²) in [6.45, 7) is 4.60. The third-order valence-corrected chi connectivity index (χ3v) is 4.83.